The van der Waals surface area contributed by atoms with Crippen molar-refractivity contribution in [3.8, 4) is 5.75 Å². The van der Waals surface area contributed by atoms with Crippen LogP contribution in [0.2, 0.25) is 0 Å². The lowest BCUT2D eigenvalue weighted by Crippen LogP contribution is -1.98. The minimum absolute atomic E-state index is 0.0578. The molecule has 0 fully saturated rings. The number of carboxylic acid groups (broad SMARTS) is 1. The molecule has 0 aliphatic rings. The summed E-state index contributed by atoms with van der Waals surface area (Å²) in [5.41, 5.74) is 1.52. The average Bonchev–Trinajstić information content (AvgIpc) is 2.58. The maximum absolute atomic E-state index is 10.3. The Labute approximate surface area is 95.5 Å². The number of phenolic OH excluding ortho intramolecular Hbond substituents is 1. The Morgan fingerprint density at radius 1 is 1.50 bits per heavy atom. The molecule has 6 heteroatoms. The van der Waals surface area contributed by atoms with E-state index >= 15 is 0 Å². The molecule has 0 spiro atoms. The lowest BCUT2D eigenvalue weighted by atomic mass is 10.3. The van der Waals surface area contributed by atoms with Gasteiger partial charge in [-0.3, -0.25) is 4.79 Å². The first kappa shape index (κ1) is 10.8. The number of hydrogen-bond donors (Lipinski definition) is 3. The average molecular weight is 238 g/mol. The summed E-state index contributed by atoms with van der Waals surface area (Å²) in [5, 5.41) is 17.7. The van der Waals surface area contributed by atoms with E-state index in [0.29, 0.717) is 11.6 Å². The highest BCUT2D eigenvalue weighted by Gasteiger charge is 2.04. The number of carbonyl (C=O) groups is 1. The zero-order chi connectivity index (χ0) is 11.5. The number of benzene rings is 1. The molecule has 84 valence electrons. The largest absolute Gasteiger partial charge is 0.508 e. The Kier molecular flexibility index (Phi) is 3.00. The maximum Gasteiger partial charge on any atom is 0.313 e. The van der Waals surface area contributed by atoms with Crippen molar-refractivity contribution in [3.05, 3.63) is 24.0 Å². The SMILES string of the molecule is O=C(O)CSCc1nc2ccc(O)cc2[nH]1. The molecule has 0 amide bonds. The van der Waals surface area contributed by atoms with Gasteiger partial charge in [-0.05, 0) is 12.1 Å². The third-order valence-corrected chi connectivity index (χ3v) is 2.91. The van der Waals surface area contributed by atoms with Crippen LogP contribution >= 0.6 is 11.8 Å². The van der Waals surface area contributed by atoms with Gasteiger partial charge < -0.3 is 15.2 Å². The number of phenols is 1. The molecule has 2 aromatic rings. The fourth-order valence-electron chi connectivity index (χ4n) is 1.35. The highest BCUT2D eigenvalue weighted by molar-refractivity contribution is 7.99. The van der Waals surface area contributed by atoms with Gasteiger partial charge in [-0.15, -0.1) is 11.8 Å². The van der Waals surface area contributed by atoms with Crippen molar-refractivity contribution in [1.82, 2.24) is 9.97 Å². The van der Waals surface area contributed by atoms with Crippen LogP contribution in [0.5, 0.6) is 5.75 Å². The summed E-state index contributed by atoms with van der Waals surface area (Å²) in [7, 11) is 0. The van der Waals surface area contributed by atoms with Crippen LogP contribution in [0.1, 0.15) is 5.82 Å². The van der Waals surface area contributed by atoms with Gasteiger partial charge in [-0.2, -0.15) is 0 Å². The minimum Gasteiger partial charge on any atom is -0.508 e. The molecule has 16 heavy (non-hydrogen) atoms. The van der Waals surface area contributed by atoms with Crippen LogP contribution in [0.4, 0.5) is 0 Å². The highest BCUT2D eigenvalue weighted by atomic mass is 32.2. The Balaban J connectivity index is 2.10. The third-order valence-electron chi connectivity index (χ3n) is 1.98. The maximum atomic E-state index is 10.3. The summed E-state index contributed by atoms with van der Waals surface area (Å²) in [6, 6.07) is 4.87. The highest BCUT2D eigenvalue weighted by Crippen LogP contribution is 2.19. The quantitative estimate of drug-likeness (QED) is 0.753. The minimum atomic E-state index is -0.834. The molecule has 2 rings (SSSR count). The van der Waals surface area contributed by atoms with E-state index < -0.39 is 5.97 Å². The van der Waals surface area contributed by atoms with Crippen molar-refractivity contribution in [2.75, 3.05) is 5.75 Å². The number of fused-ring (bicyclic) bond motifs is 1. The van der Waals surface area contributed by atoms with E-state index in [1.165, 1.54) is 11.8 Å². The molecule has 0 saturated heterocycles. The van der Waals surface area contributed by atoms with Gasteiger partial charge in [0.05, 0.1) is 22.5 Å². The van der Waals surface area contributed by atoms with E-state index in [9.17, 15) is 9.90 Å². The van der Waals surface area contributed by atoms with Gasteiger partial charge in [0.15, 0.2) is 0 Å². The second-order valence-corrected chi connectivity index (χ2v) is 4.26. The van der Waals surface area contributed by atoms with Crippen molar-refractivity contribution in [2.24, 2.45) is 0 Å². The summed E-state index contributed by atoms with van der Waals surface area (Å²) in [5.74, 6) is 0.635. The van der Waals surface area contributed by atoms with Crippen molar-refractivity contribution >= 4 is 28.8 Å². The Hall–Kier alpha value is -1.69. The molecule has 1 heterocycles. The summed E-state index contributed by atoms with van der Waals surface area (Å²) < 4.78 is 0. The number of aromatic hydroxyl groups is 1. The van der Waals surface area contributed by atoms with Gasteiger partial charge >= 0.3 is 5.97 Å². The second-order valence-electron chi connectivity index (χ2n) is 3.27. The lowest BCUT2D eigenvalue weighted by Gasteiger charge is -1.93. The predicted octanol–water partition coefficient (Wildman–Crippen LogP) is 1.59. The van der Waals surface area contributed by atoms with Crippen molar-refractivity contribution in [2.45, 2.75) is 5.75 Å². The lowest BCUT2D eigenvalue weighted by molar-refractivity contribution is -0.133. The Bertz CT molecular complexity index is 524. The number of carboxylic acids is 1. The van der Waals surface area contributed by atoms with E-state index in [4.69, 9.17) is 5.11 Å². The molecule has 0 bridgehead atoms. The Morgan fingerprint density at radius 2 is 2.31 bits per heavy atom. The van der Waals surface area contributed by atoms with Gasteiger partial charge in [0, 0.05) is 6.07 Å². The topological polar surface area (TPSA) is 86.2 Å². The van der Waals surface area contributed by atoms with Crippen LogP contribution in [0.15, 0.2) is 18.2 Å². The number of H-pyrrole nitrogens is 1. The van der Waals surface area contributed by atoms with E-state index in [2.05, 4.69) is 9.97 Å². The zero-order valence-electron chi connectivity index (χ0n) is 8.30. The molecule has 1 aromatic carbocycles. The first-order valence-corrected chi connectivity index (χ1v) is 5.78. The van der Waals surface area contributed by atoms with E-state index in [1.54, 1.807) is 18.2 Å². The fraction of sp³-hybridized carbons (Fsp3) is 0.200. The number of hydrogen-bond acceptors (Lipinski definition) is 4. The molecule has 1 aromatic heterocycles. The number of aliphatic carboxylic acids is 1. The van der Waals surface area contributed by atoms with Crippen molar-refractivity contribution in [1.29, 1.82) is 0 Å². The molecule has 3 N–H and O–H groups in total. The first-order chi connectivity index (χ1) is 7.65. The van der Waals surface area contributed by atoms with Crippen molar-refractivity contribution < 1.29 is 15.0 Å². The van der Waals surface area contributed by atoms with Crippen LogP contribution in [-0.2, 0) is 10.5 Å². The number of aromatic nitrogens is 2. The summed E-state index contributed by atoms with van der Waals surface area (Å²) in [6.07, 6.45) is 0. The van der Waals surface area contributed by atoms with Gasteiger partial charge in [-0.25, -0.2) is 4.98 Å². The van der Waals surface area contributed by atoms with Gasteiger partial charge in [0.1, 0.15) is 11.6 Å². The van der Waals surface area contributed by atoms with Crippen LogP contribution in [0.3, 0.4) is 0 Å². The smallest absolute Gasteiger partial charge is 0.313 e. The van der Waals surface area contributed by atoms with E-state index in [1.807, 2.05) is 0 Å². The number of aromatic amines is 1. The zero-order valence-corrected chi connectivity index (χ0v) is 9.12. The first-order valence-electron chi connectivity index (χ1n) is 4.62. The normalized spacial score (nSPS) is 10.8. The number of nitrogens with one attached hydrogen (secondary N) is 1. The van der Waals surface area contributed by atoms with Crippen LogP contribution in [0, 0.1) is 0 Å². The number of thioether (sulfide) groups is 1. The second kappa shape index (κ2) is 4.44. The molecular weight excluding hydrogens is 228 g/mol. The van der Waals surface area contributed by atoms with E-state index in [0.717, 1.165) is 11.0 Å². The summed E-state index contributed by atoms with van der Waals surface area (Å²) >= 11 is 1.28. The summed E-state index contributed by atoms with van der Waals surface area (Å²) in [6.45, 7) is 0. The molecule has 0 aliphatic carbocycles. The van der Waals surface area contributed by atoms with E-state index in [-0.39, 0.29) is 11.5 Å². The van der Waals surface area contributed by atoms with Gasteiger partial charge in [-0.1, -0.05) is 0 Å². The molecule has 0 saturated carbocycles. The number of rotatable bonds is 4. The fourth-order valence-corrected chi connectivity index (χ4v) is 1.96. The van der Waals surface area contributed by atoms with Crippen LogP contribution in [-0.4, -0.2) is 31.9 Å². The molecule has 5 nitrogen and oxygen atoms in total. The Morgan fingerprint density at radius 3 is 3.06 bits per heavy atom. The molecule has 0 radical (unpaired) electrons. The molecule has 0 unspecified atom stereocenters. The number of nitrogens with zero attached hydrogens (tertiary/aromatic N) is 1. The molecular formula is C10H10N2O3S. The standard InChI is InChI=1S/C10H10N2O3S/c13-6-1-2-7-8(3-6)12-9(11-7)4-16-5-10(14)15/h1-3,13H,4-5H2,(H,11,12)(H,14,15). The van der Waals surface area contributed by atoms with Gasteiger partial charge in [0.2, 0.25) is 0 Å². The molecule has 0 aliphatic heterocycles. The van der Waals surface area contributed by atoms with Crippen molar-refractivity contribution in [3.63, 3.8) is 0 Å². The molecule has 0 atom stereocenters. The van der Waals surface area contributed by atoms with Crippen LogP contribution < -0.4 is 0 Å². The monoisotopic (exact) mass is 238 g/mol. The van der Waals surface area contributed by atoms with Crippen LogP contribution in [0.25, 0.3) is 11.0 Å². The third kappa shape index (κ3) is 2.46. The predicted molar refractivity (Wildman–Crippen MR) is 61.6 cm³/mol. The van der Waals surface area contributed by atoms with Gasteiger partial charge in [0.25, 0.3) is 0 Å². The number of imidazole rings is 1. The summed E-state index contributed by atoms with van der Waals surface area (Å²) in [4.78, 5) is 17.6.